The number of esters is 1. The molecule has 0 aliphatic carbocycles. The minimum atomic E-state index is -0.802. The van der Waals surface area contributed by atoms with Crippen LogP contribution in [0.25, 0.3) is 0 Å². The number of fused-ring (bicyclic) bond motifs is 4. The highest BCUT2D eigenvalue weighted by atomic mass is 16.5. The summed E-state index contributed by atoms with van der Waals surface area (Å²) in [5, 5.41) is 2.69. The molecular formula is C24H34N2O6. The van der Waals surface area contributed by atoms with Crippen molar-refractivity contribution in [2.45, 2.75) is 70.7 Å². The second-order valence-electron chi connectivity index (χ2n) is 8.83. The molecule has 0 radical (unpaired) electrons. The Bertz CT molecular complexity index is 811. The molecule has 1 aromatic carbocycles. The van der Waals surface area contributed by atoms with Crippen LogP contribution in [-0.4, -0.2) is 61.3 Å². The highest BCUT2D eigenvalue weighted by Gasteiger charge is 2.43. The van der Waals surface area contributed by atoms with E-state index in [1.54, 1.807) is 0 Å². The molecule has 1 N–H and O–H groups in total. The molecule has 1 fully saturated rings. The molecule has 0 spiro atoms. The molecule has 4 bridgehead atoms. The summed E-state index contributed by atoms with van der Waals surface area (Å²) in [6, 6.07) is 6.73. The number of carbonyl (C=O) groups is 3. The number of carbonyl (C=O) groups excluding carboxylic acids is 3. The summed E-state index contributed by atoms with van der Waals surface area (Å²) < 4.78 is 16.3. The Morgan fingerprint density at radius 1 is 1.19 bits per heavy atom. The second-order valence-corrected chi connectivity index (χ2v) is 8.83. The number of ether oxygens (including phenoxy) is 3. The number of hydrogen-bond donors (Lipinski definition) is 1. The second kappa shape index (κ2) is 11.3. The summed E-state index contributed by atoms with van der Waals surface area (Å²) in [5.41, 5.74) is 2.31. The van der Waals surface area contributed by atoms with Gasteiger partial charge in [0.15, 0.2) is 0 Å². The van der Waals surface area contributed by atoms with Crippen LogP contribution in [-0.2, 0) is 36.8 Å². The van der Waals surface area contributed by atoms with Crippen molar-refractivity contribution < 1.29 is 28.6 Å². The van der Waals surface area contributed by atoms with Crippen molar-refractivity contribution >= 4 is 18.0 Å². The molecule has 0 saturated carbocycles. The SMILES string of the molecule is COC(=O)[C@@H]1C[C@@H]2CN1C(=O)[C@H](C(C)C)NC(=O)OCCCCCc1cccc(c1)CO2. The van der Waals surface area contributed by atoms with E-state index in [1.807, 2.05) is 26.0 Å². The number of rotatable bonds is 2. The fourth-order valence-electron chi connectivity index (χ4n) is 4.24. The van der Waals surface area contributed by atoms with E-state index in [-0.39, 0.29) is 24.5 Å². The van der Waals surface area contributed by atoms with Crippen LogP contribution in [0.2, 0.25) is 0 Å². The summed E-state index contributed by atoms with van der Waals surface area (Å²) in [5.74, 6) is -0.995. The molecule has 32 heavy (non-hydrogen) atoms. The zero-order valence-electron chi connectivity index (χ0n) is 19.2. The number of hydrogen-bond acceptors (Lipinski definition) is 6. The lowest BCUT2D eigenvalue weighted by Crippen LogP contribution is -2.54. The molecule has 1 aromatic rings. The molecule has 2 aliphatic heterocycles. The van der Waals surface area contributed by atoms with Gasteiger partial charge in [0.25, 0.3) is 0 Å². The fraction of sp³-hybridized carbons (Fsp3) is 0.625. The summed E-state index contributed by atoms with van der Waals surface area (Å²) in [7, 11) is 1.31. The maximum atomic E-state index is 13.3. The third-order valence-corrected chi connectivity index (χ3v) is 6.05. The molecule has 0 unspecified atom stereocenters. The lowest BCUT2D eigenvalue weighted by molar-refractivity contribution is -0.151. The molecule has 8 nitrogen and oxygen atoms in total. The number of cyclic esters (lactones) is 1. The lowest BCUT2D eigenvalue weighted by Gasteiger charge is -2.29. The average molecular weight is 447 g/mol. The minimum Gasteiger partial charge on any atom is -0.467 e. The van der Waals surface area contributed by atoms with Gasteiger partial charge < -0.3 is 24.4 Å². The molecule has 3 rings (SSSR count). The van der Waals surface area contributed by atoms with Crippen molar-refractivity contribution in [2.24, 2.45) is 5.92 Å². The molecular weight excluding hydrogens is 412 g/mol. The van der Waals surface area contributed by atoms with Gasteiger partial charge >= 0.3 is 12.1 Å². The number of methoxy groups -OCH3 is 1. The van der Waals surface area contributed by atoms with E-state index >= 15 is 0 Å². The summed E-state index contributed by atoms with van der Waals surface area (Å²) >= 11 is 0. The third-order valence-electron chi connectivity index (χ3n) is 6.05. The van der Waals surface area contributed by atoms with Crippen molar-refractivity contribution in [1.29, 1.82) is 0 Å². The van der Waals surface area contributed by atoms with E-state index in [0.717, 1.165) is 31.2 Å². The number of nitrogens with one attached hydrogen (secondary N) is 1. The van der Waals surface area contributed by atoms with Crippen LogP contribution >= 0.6 is 0 Å². The highest BCUT2D eigenvalue weighted by molar-refractivity contribution is 5.90. The minimum absolute atomic E-state index is 0.179. The van der Waals surface area contributed by atoms with Gasteiger partial charge in [0.1, 0.15) is 12.1 Å². The maximum absolute atomic E-state index is 13.3. The van der Waals surface area contributed by atoms with Gasteiger partial charge in [-0.25, -0.2) is 9.59 Å². The van der Waals surface area contributed by atoms with Crippen molar-refractivity contribution in [3.8, 4) is 0 Å². The molecule has 176 valence electrons. The zero-order chi connectivity index (χ0) is 23.1. The van der Waals surface area contributed by atoms with E-state index in [4.69, 9.17) is 14.2 Å². The molecule has 8 heteroatoms. The normalized spacial score (nSPS) is 25.5. The van der Waals surface area contributed by atoms with Crippen LogP contribution in [0.15, 0.2) is 24.3 Å². The first-order chi connectivity index (χ1) is 15.4. The van der Waals surface area contributed by atoms with E-state index < -0.39 is 24.1 Å². The topological polar surface area (TPSA) is 94.2 Å². The molecule has 2 aliphatic rings. The first-order valence-electron chi connectivity index (χ1n) is 11.4. The zero-order valence-corrected chi connectivity index (χ0v) is 19.2. The highest BCUT2D eigenvalue weighted by Crippen LogP contribution is 2.25. The average Bonchev–Trinajstić information content (AvgIpc) is 3.21. The summed E-state index contributed by atoms with van der Waals surface area (Å²) in [6.45, 7) is 4.66. The molecule has 2 amide bonds. The Hall–Kier alpha value is -2.61. The van der Waals surface area contributed by atoms with Gasteiger partial charge in [-0.1, -0.05) is 38.1 Å². The van der Waals surface area contributed by atoms with Crippen LogP contribution in [0, 0.1) is 5.92 Å². The van der Waals surface area contributed by atoms with Gasteiger partial charge in [0.2, 0.25) is 5.91 Å². The maximum Gasteiger partial charge on any atom is 0.407 e. The van der Waals surface area contributed by atoms with Crippen molar-refractivity contribution in [1.82, 2.24) is 10.2 Å². The van der Waals surface area contributed by atoms with Crippen molar-refractivity contribution in [2.75, 3.05) is 20.3 Å². The van der Waals surface area contributed by atoms with Crippen molar-refractivity contribution in [3.63, 3.8) is 0 Å². The summed E-state index contributed by atoms with van der Waals surface area (Å²) in [6.07, 6.45) is 3.09. The number of nitrogens with zero attached hydrogens (tertiary/aromatic N) is 1. The number of benzene rings is 1. The van der Waals surface area contributed by atoms with Gasteiger partial charge in [0, 0.05) is 13.0 Å². The van der Waals surface area contributed by atoms with Crippen LogP contribution in [0.1, 0.15) is 50.7 Å². The van der Waals surface area contributed by atoms with Crippen LogP contribution < -0.4 is 5.32 Å². The lowest BCUT2D eigenvalue weighted by atomic mass is 10.0. The smallest absolute Gasteiger partial charge is 0.407 e. The van der Waals surface area contributed by atoms with Gasteiger partial charge in [-0.05, 0) is 42.7 Å². The molecule has 3 atom stereocenters. The Labute approximate surface area is 189 Å². The van der Waals surface area contributed by atoms with E-state index in [2.05, 4.69) is 17.4 Å². The molecule has 2 heterocycles. The monoisotopic (exact) mass is 446 g/mol. The van der Waals surface area contributed by atoms with Gasteiger partial charge in [-0.15, -0.1) is 0 Å². The largest absolute Gasteiger partial charge is 0.467 e. The van der Waals surface area contributed by atoms with Crippen LogP contribution in [0.3, 0.4) is 0 Å². The Morgan fingerprint density at radius 2 is 1.97 bits per heavy atom. The Morgan fingerprint density at radius 3 is 2.72 bits per heavy atom. The first kappa shape index (κ1) is 24.0. The fourth-order valence-corrected chi connectivity index (χ4v) is 4.24. The number of alkyl carbamates (subject to hydrolysis) is 1. The van der Waals surface area contributed by atoms with Gasteiger partial charge in [0.05, 0.1) is 26.4 Å². The Balaban J connectivity index is 1.82. The number of aryl methyl sites for hydroxylation is 1. The van der Waals surface area contributed by atoms with E-state index in [0.29, 0.717) is 19.6 Å². The number of amides is 2. The first-order valence-corrected chi connectivity index (χ1v) is 11.4. The van der Waals surface area contributed by atoms with Gasteiger partial charge in [-0.3, -0.25) is 4.79 Å². The predicted octanol–water partition coefficient (Wildman–Crippen LogP) is 2.82. The predicted molar refractivity (Wildman–Crippen MR) is 118 cm³/mol. The standard InChI is InChI=1S/C24H34N2O6/c1-16(2)21-22(27)26-14-19(13-20(26)23(28)30-3)32-15-18-10-7-9-17(12-18)8-5-4-6-11-31-24(29)25-21/h7,9-10,12,16,19-21H,4-6,8,11,13-15H2,1-3H3,(H,25,29)/t19-,20+,21+/m1/s1. The van der Waals surface area contributed by atoms with Gasteiger partial charge in [-0.2, -0.15) is 0 Å². The van der Waals surface area contributed by atoms with Crippen molar-refractivity contribution in [3.05, 3.63) is 35.4 Å². The van der Waals surface area contributed by atoms with E-state index in [9.17, 15) is 14.4 Å². The molecule has 0 aromatic heterocycles. The summed E-state index contributed by atoms with van der Waals surface area (Å²) in [4.78, 5) is 39.5. The quantitative estimate of drug-likeness (QED) is 0.702. The van der Waals surface area contributed by atoms with E-state index in [1.165, 1.54) is 17.6 Å². The van der Waals surface area contributed by atoms with Crippen LogP contribution in [0.4, 0.5) is 4.79 Å². The third kappa shape index (κ3) is 6.22. The van der Waals surface area contributed by atoms with Crippen LogP contribution in [0.5, 0.6) is 0 Å². The molecule has 1 saturated heterocycles. The Kier molecular flexibility index (Phi) is 8.50.